The second-order valence-corrected chi connectivity index (χ2v) is 4.24. The first kappa shape index (κ1) is 13.4. The van der Waals surface area contributed by atoms with Crippen molar-refractivity contribution in [3.8, 4) is 5.75 Å². The van der Waals surface area contributed by atoms with Crippen molar-refractivity contribution in [2.45, 2.75) is 6.92 Å². The number of rotatable bonds is 4. The number of anilines is 3. The Morgan fingerprint density at radius 3 is 2.68 bits per heavy atom. The van der Waals surface area contributed by atoms with Crippen LogP contribution in [0.2, 0.25) is 5.02 Å². The van der Waals surface area contributed by atoms with E-state index in [0.717, 1.165) is 11.4 Å². The molecular weight excluding hydrogens is 266 g/mol. The summed E-state index contributed by atoms with van der Waals surface area (Å²) in [5.74, 6) is 6.90. The minimum absolute atomic E-state index is 0.349. The number of hydrazine groups is 1. The average Bonchev–Trinajstić information content (AvgIpc) is 2.38. The molecule has 0 spiro atoms. The molecule has 0 amide bonds. The quantitative estimate of drug-likeness (QED) is 0.589. The van der Waals surface area contributed by atoms with Crippen LogP contribution in [0.3, 0.4) is 0 Å². The smallest absolute Gasteiger partial charge is 0.239 e. The Kier molecular flexibility index (Phi) is 4.03. The molecule has 1 aromatic carbocycles. The van der Waals surface area contributed by atoms with Crippen LogP contribution in [-0.2, 0) is 0 Å². The van der Waals surface area contributed by atoms with Gasteiger partial charge >= 0.3 is 0 Å². The van der Waals surface area contributed by atoms with Crippen molar-refractivity contribution in [1.29, 1.82) is 0 Å². The largest absolute Gasteiger partial charge is 0.495 e. The molecule has 0 aliphatic rings. The van der Waals surface area contributed by atoms with Crippen LogP contribution in [0.25, 0.3) is 0 Å². The van der Waals surface area contributed by atoms with Crippen molar-refractivity contribution in [1.82, 2.24) is 9.97 Å². The number of nitrogens with two attached hydrogens (primary N) is 1. The van der Waals surface area contributed by atoms with Crippen molar-refractivity contribution in [3.63, 3.8) is 0 Å². The monoisotopic (exact) mass is 279 g/mol. The van der Waals surface area contributed by atoms with Crippen molar-refractivity contribution in [2.24, 2.45) is 5.84 Å². The number of nitrogens with zero attached hydrogens (tertiary/aromatic N) is 2. The molecule has 0 aliphatic carbocycles. The van der Waals surface area contributed by atoms with Gasteiger partial charge in [-0.15, -0.1) is 0 Å². The maximum absolute atomic E-state index is 6.06. The van der Waals surface area contributed by atoms with E-state index in [2.05, 4.69) is 20.7 Å². The second-order valence-electron chi connectivity index (χ2n) is 3.84. The van der Waals surface area contributed by atoms with Crippen LogP contribution >= 0.6 is 11.6 Å². The predicted molar refractivity (Wildman–Crippen MR) is 75.9 cm³/mol. The Labute approximate surface area is 115 Å². The highest BCUT2D eigenvalue weighted by atomic mass is 35.5. The lowest BCUT2D eigenvalue weighted by molar-refractivity contribution is 0.415. The summed E-state index contributed by atoms with van der Waals surface area (Å²) in [6, 6.07) is 7.19. The van der Waals surface area contributed by atoms with Gasteiger partial charge in [-0.05, 0) is 25.1 Å². The lowest BCUT2D eigenvalue weighted by atomic mass is 10.3. The fourth-order valence-corrected chi connectivity index (χ4v) is 1.85. The molecule has 100 valence electrons. The number of aryl methyl sites for hydroxylation is 1. The molecule has 0 saturated carbocycles. The second kappa shape index (κ2) is 5.73. The molecule has 2 aromatic rings. The van der Waals surface area contributed by atoms with Gasteiger partial charge in [0.1, 0.15) is 11.6 Å². The van der Waals surface area contributed by atoms with Crippen molar-refractivity contribution in [3.05, 3.63) is 35.0 Å². The molecule has 7 heteroatoms. The van der Waals surface area contributed by atoms with Gasteiger partial charge in [-0.1, -0.05) is 11.6 Å². The van der Waals surface area contributed by atoms with E-state index in [1.54, 1.807) is 25.3 Å². The van der Waals surface area contributed by atoms with Gasteiger partial charge in [0.25, 0.3) is 0 Å². The summed E-state index contributed by atoms with van der Waals surface area (Å²) in [5, 5.41) is 3.65. The highest BCUT2D eigenvalue weighted by Crippen LogP contribution is 2.28. The van der Waals surface area contributed by atoms with Crippen LogP contribution in [0.4, 0.5) is 17.5 Å². The van der Waals surface area contributed by atoms with Crippen LogP contribution < -0.4 is 21.3 Å². The molecule has 2 rings (SSSR count). The van der Waals surface area contributed by atoms with E-state index in [4.69, 9.17) is 22.2 Å². The first-order chi connectivity index (χ1) is 9.12. The van der Waals surface area contributed by atoms with Gasteiger partial charge in [0.05, 0.1) is 12.1 Å². The standard InChI is InChI=1S/C12H14ClN5O/c1-7-5-11(17-12(15-7)18-14)16-8-3-4-10(19-2)9(13)6-8/h3-6H,14H2,1-2H3,(H2,15,16,17,18). The van der Waals surface area contributed by atoms with E-state index < -0.39 is 0 Å². The van der Waals surface area contributed by atoms with Gasteiger partial charge in [0.15, 0.2) is 0 Å². The molecule has 1 aromatic heterocycles. The number of hydrogen-bond donors (Lipinski definition) is 3. The topological polar surface area (TPSA) is 85.1 Å². The predicted octanol–water partition coefficient (Wildman–Crippen LogP) is 2.48. The third kappa shape index (κ3) is 3.24. The van der Waals surface area contributed by atoms with Gasteiger partial charge < -0.3 is 10.1 Å². The molecule has 0 bridgehead atoms. The molecule has 0 unspecified atom stereocenters. The normalized spacial score (nSPS) is 10.1. The van der Waals surface area contributed by atoms with Crippen LogP contribution in [-0.4, -0.2) is 17.1 Å². The van der Waals surface area contributed by atoms with Crippen molar-refractivity contribution < 1.29 is 4.74 Å². The third-order valence-corrected chi connectivity index (χ3v) is 2.70. The number of hydrogen-bond acceptors (Lipinski definition) is 6. The van der Waals surface area contributed by atoms with E-state index in [-0.39, 0.29) is 0 Å². The Morgan fingerprint density at radius 2 is 2.05 bits per heavy atom. The number of nitrogen functional groups attached to an aromatic ring is 1. The van der Waals surface area contributed by atoms with Crippen LogP contribution in [0.1, 0.15) is 5.69 Å². The number of nitrogens with one attached hydrogen (secondary N) is 2. The van der Waals surface area contributed by atoms with Gasteiger partial charge in [-0.2, -0.15) is 4.98 Å². The molecule has 1 heterocycles. The summed E-state index contributed by atoms with van der Waals surface area (Å²) >= 11 is 6.06. The first-order valence-electron chi connectivity index (χ1n) is 5.55. The molecule has 0 aliphatic heterocycles. The molecule has 0 saturated heterocycles. The van der Waals surface area contributed by atoms with Gasteiger partial charge in [0.2, 0.25) is 5.95 Å². The number of ether oxygens (including phenoxy) is 1. The minimum atomic E-state index is 0.349. The Bertz CT molecular complexity index is 590. The SMILES string of the molecule is COc1ccc(Nc2cc(C)nc(NN)n2)cc1Cl. The third-order valence-electron chi connectivity index (χ3n) is 2.41. The number of halogens is 1. The molecule has 6 nitrogen and oxygen atoms in total. The zero-order valence-corrected chi connectivity index (χ0v) is 11.3. The van der Waals surface area contributed by atoms with E-state index in [1.165, 1.54) is 0 Å². The zero-order valence-electron chi connectivity index (χ0n) is 10.6. The Hall–Kier alpha value is -2.05. The van der Waals surface area contributed by atoms with Gasteiger partial charge in [-0.3, -0.25) is 5.43 Å². The van der Waals surface area contributed by atoms with E-state index in [1.807, 2.05) is 13.0 Å². The highest BCUT2D eigenvalue weighted by molar-refractivity contribution is 6.32. The maximum Gasteiger partial charge on any atom is 0.239 e. The Morgan fingerprint density at radius 1 is 1.26 bits per heavy atom. The summed E-state index contributed by atoms with van der Waals surface area (Å²) in [7, 11) is 1.57. The number of benzene rings is 1. The summed E-state index contributed by atoms with van der Waals surface area (Å²) in [6.07, 6.45) is 0. The van der Waals surface area contributed by atoms with E-state index in [9.17, 15) is 0 Å². The van der Waals surface area contributed by atoms with Crippen LogP contribution in [0.5, 0.6) is 5.75 Å². The van der Waals surface area contributed by atoms with Crippen molar-refractivity contribution >= 4 is 29.1 Å². The molecule has 19 heavy (non-hydrogen) atoms. The van der Waals surface area contributed by atoms with E-state index in [0.29, 0.717) is 22.5 Å². The zero-order chi connectivity index (χ0) is 13.8. The lowest BCUT2D eigenvalue weighted by Gasteiger charge is -2.10. The fourth-order valence-electron chi connectivity index (χ4n) is 1.59. The lowest BCUT2D eigenvalue weighted by Crippen LogP contribution is -2.11. The number of aromatic nitrogens is 2. The van der Waals surface area contributed by atoms with Crippen molar-refractivity contribution in [2.75, 3.05) is 17.9 Å². The van der Waals surface area contributed by atoms with E-state index >= 15 is 0 Å². The average molecular weight is 280 g/mol. The first-order valence-corrected chi connectivity index (χ1v) is 5.93. The number of methoxy groups -OCH3 is 1. The molecule has 0 radical (unpaired) electrons. The van der Waals surface area contributed by atoms with Crippen LogP contribution in [0, 0.1) is 6.92 Å². The van der Waals surface area contributed by atoms with Crippen LogP contribution in [0.15, 0.2) is 24.3 Å². The summed E-state index contributed by atoms with van der Waals surface area (Å²) in [6.45, 7) is 1.86. The highest BCUT2D eigenvalue weighted by Gasteiger charge is 2.04. The summed E-state index contributed by atoms with van der Waals surface area (Å²) < 4.78 is 5.09. The fraction of sp³-hybridized carbons (Fsp3) is 0.167. The molecule has 4 N–H and O–H groups in total. The minimum Gasteiger partial charge on any atom is -0.495 e. The Balaban J connectivity index is 2.25. The van der Waals surface area contributed by atoms with Gasteiger partial charge in [-0.25, -0.2) is 10.8 Å². The molecule has 0 fully saturated rings. The summed E-state index contributed by atoms with van der Waals surface area (Å²) in [5.41, 5.74) is 4.01. The summed E-state index contributed by atoms with van der Waals surface area (Å²) in [4.78, 5) is 8.29. The van der Waals surface area contributed by atoms with Gasteiger partial charge in [0, 0.05) is 17.4 Å². The molecule has 0 atom stereocenters. The molecular formula is C12H14ClN5O. The maximum atomic E-state index is 6.06.